The fourth-order valence-electron chi connectivity index (χ4n) is 2.15. The zero-order valence-electron chi connectivity index (χ0n) is 11.3. The quantitative estimate of drug-likeness (QED) is 0.801. The Kier molecular flexibility index (Phi) is 5.36. The predicted octanol–water partition coefficient (Wildman–Crippen LogP) is 1.45. The van der Waals surface area contributed by atoms with Crippen molar-refractivity contribution in [1.29, 1.82) is 0 Å². The molecule has 1 aromatic rings. The Bertz CT molecular complexity index is 403. The van der Waals surface area contributed by atoms with E-state index in [-0.39, 0.29) is 0 Å². The van der Waals surface area contributed by atoms with Crippen molar-refractivity contribution in [2.24, 2.45) is 0 Å². The van der Waals surface area contributed by atoms with Gasteiger partial charge < -0.3 is 15.6 Å². The molecule has 1 aliphatic heterocycles. The molecule has 0 spiro atoms. The van der Waals surface area contributed by atoms with Crippen LogP contribution in [0.1, 0.15) is 6.92 Å². The number of hydrogen-bond acceptors (Lipinski definition) is 5. The van der Waals surface area contributed by atoms with Gasteiger partial charge in [-0.15, -0.1) is 0 Å². The van der Waals surface area contributed by atoms with Gasteiger partial charge in [-0.1, -0.05) is 6.07 Å². The average molecular weight is 282 g/mol. The zero-order valence-corrected chi connectivity index (χ0v) is 12.1. The first-order valence-electron chi connectivity index (χ1n) is 6.63. The van der Waals surface area contributed by atoms with Crippen LogP contribution in [0.15, 0.2) is 24.3 Å². The second-order valence-electron chi connectivity index (χ2n) is 4.96. The van der Waals surface area contributed by atoms with Gasteiger partial charge in [-0.3, -0.25) is 4.90 Å². The highest BCUT2D eigenvalue weighted by molar-refractivity contribution is 7.99. The smallest absolute Gasteiger partial charge is 0.121 e. The van der Waals surface area contributed by atoms with Crippen molar-refractivity contribution in [3.05, 3.63) is 24.3 Å². The van der Waals surface area contributed by atoms with Gasteiger partial charge in [0.1, 0.15) is 18.5 Å². The number of thioether (sulfide) groups is 1. The van der Waals surface area contributed by atoms with E-state index in [1.54, 1.807) is 6.07 Å². The van der Waals surface area contributed by atoms with Gasteiger partial charge in [0, 0.05) is 42.4 Å². The summed E-state index contributed by atoms with van der Waals surface area (Å²) in [7, 11) is 0. The SMILES string of the molecule is CC1CSCCN1CC(O)COc1cccc(N)c1. The number of anilines is 1. The maximum absolute atomic E-state index is 10.0. The number of aliphatic hydroxyl groups is 1. The molecule has 1 saturated heterocycles. The molecule has 106 valence electrons. The number of nitrogen functional groups attached to an aromatic ring is 1. The normalized spacial score (nSPS) is 22.1. The summed E-state index contributed by atoms with van der Waals surface area (Å²) in [6, 6.07) is 7.81. The van der Waals surface area contributed by atoms with E-state index in [0.29, 0.717) is 30.6 Å². The molecule has 5 heteroatoms. The molecule has 1 aliphatic rings. The summed E-state index contributed by atoms with van der Waals surface area (Å²) in [5.41, 5.74) is 6.35. The topological polar surface area (TPSA) is 58.7 Å². The minimum atomic E-state index is -0.466. The van der Waals surface area contributed by atoms with Gasteiger partial charge in [-0.2, -0.15) is 11.8 Å². The van der Waals surface area contributed by atoms with Gasteiger partial charge in [0.05, 0.1) is 0 Å². The molecule has 0 bridgehead atoms. The first-order valence-corrected chi connectivity index (χ1v) is 7.79. The first-order chi connectivity index (χ1) is 9.15. The Morgan fingerprint density at radius 1 is 1.58 bits per heavy atom. The molecule has 2 unspecified atom stereocenters. The van der Waals surface area contributed by atoms with Crippen LogP contribution in [0.2, 0.25) is 0 Å². The molecule has 1 aromatic carbocycles. The Labute approximate surface area is 118 Å². The standard InChI is InChI=1S/C14H22N2O2S/c1-11-10-19-6-5-16(11)8-13(17)9-18-14-4-2-3-12(15)7-14/h2-4,7,11,13,17H,5-6,8-10,15H2,1H3. The number of nitrogens with zero attached hydrogens (tertiary/aromatic N) is 1. The highest BCUT2D eigenvalue weighted by Crippen LogP contribution is 2.17. The first kappa shape index (κ1) is 14.5. The third-order valence-corrected chi connectivity index (χ3v) is 4.44. The summed E-state index contributed by atoms with van der Waals surface area (Å²) in [6.45, 7) is 4.22. The van der Waals surface area contributed by atoms with Crippen LogP contribution in [0, 0.1) is 0 Å². The molecular weight excluding hydrogens is 260 g/mol. The number of aliphatic hydroxyl groups excluding tert-OH is 1. The van der Waals surface area contributed by atoms with Gasteiger partial charge in [0.2, 0.25) is 0 Å². The van der Waals surface area contributed by atoms with E-state index < -0.39 is 6.10 Å². The van der Waals surface area contributed by atoms with Gasteiger partial charge >= 0.3 is 0 Å². The van der Waals surface area contributed by atoms with Crippen molar-refractivity contribution >= 4 is 17.4 Å². The second kappa shape index (κ2) is 7.03. The second-order valence-corrected chi connectivity index (χ2v) is 6.11. The molecule has 1 heterocycles. The average Bonchev–Trinajstić information content (AvgIpc) is 2.39. The van der Waals surface area contributed by atoms with E-state index in [2.05, 4.69) is 11.8 Å². The van der Waals surface area contributed by atoms with E-state index in [4.69, 9.17) is 10.5 Å². The van der Waals surface area contributed by atoms with Crippen LogP contribution < -0.4 is 10.5 Å². The Hall–Kier alpha value is -0.910. The third kappa shape index (κ3) is 4.60. The van der Waals surface area contributed by atoms with Crippen LogP contribution in [0.4, 0.5) is 5.69 Å². The molecule has 0 amide bonds. The Morgan fingerprint density at radius 3 is 3.16 bits per heavy atom. The zero-order chi connectivity index (χ0) is 13.7. The maximum Gasteiger partial charge on any atom is 0.121 e. The fraction of sp³-hybridized carbons (Fsp3) is 0.571. The van der Waals surface area contributed by atoms with E-state index in [9.17, 15) is 5.11 Å². The largest absolute Gasteiger partial charge is 0.491 e. The number of nitrogens with two attached hydrogens (primary N) is 1. The van der Waals surface area contributed by atoms with Crippen molar-refractivity contribution in [1.82, 2.24) is 4.90 Å². The maximum atomic E-state index is 10.0. The third-order valence-electron chi connectivity index (χ3n) is 3.25. The summed E-state index contributed by atoms with van der Waals surface area (Å²) in [4.78, 5) is 2.32. The van der Waals surface area contributed by atoms with E-state index in [0.717, 1.165) is 18.1 Å². The van der Waals surface area contributed by atoms with E-state index in [1.807, 2.05) is 30.0 Å². The monoisotopic (exact) mass is 282 g/mol. The van der Waals surface area contributed by atoms with Gasteiger partial charge in [-0.25, -0.2) is 0 Å². The number of ether oxygens (including phenoxy) is 1. The molecule has 0 aliphatic carbocycles. The van der Waals surface area contributed by atoms with Crippen LogP contribution in [0.3, 0.4) is 0 Å². The highest BCUT2D eigenvalue weighted by atomic mass is 32.2. The summed E-state index contributed by atoms with van der Waals surface area (Å²) in [5.74, 6) is 3.00. The van der Waals surface area contributed by atoms with Crippen LogP contribution in [-0.4, -0.2) is 53.4 Å². The highest BCUT2D eigenvalue weighted by Gasteiger charge is 2.21. The molecule has 3 N–H and O–H groups in total. The molecule has 0 saturated carbocycles. The lowest BCUT2D eigenvalue weighted by Gasteiger charge is -2.34. The summed E-state index contributed by atoms with van der Waals surface area (Å²) in [6.07, 6.45) is -0.466. The summed E-state index contributed by atoms with van der Waals surface area (Å²) >= 11 is 1.98. The Morgan fingerprint density at radius 2 is 2.42 bits per heavy atom. The van der Waals surface area contributed by atoms with Crippen molar-refractivity contribution in [3.63, 3.8) is 0 Å². The predicted molar refractivity (Wildman–Crippen MR) is 80.7 cm³/mol. The number of β-amino-alcohol motifs (C(OH)–C–C–N with tert-alkyl or cyclic N) is 1. The van der Waals surface area contributed by atoms with Crippen molar-refractivity contribution in [2.45, 2.75) is 19.1 Å². The molecule has 0 radical (unpaired) electrons. The van der Waals surface area contributed by atoms with Crippen molar-refractivity contribution < 1.29 is 9.84 Å². The molecule has 2 atom stereocenters. The lowest BCUT2D eigenvalue weighted by atomic mass is 10.2. The molecule has 1 fully saturated rings. The van der Waals surface area contributed by atoms with E-state index in [1.165, 1.54) is 0 Å². The van der Waals surface area contributed by atoms with E-state index >= 15 is 0 Å². The number of hydrogen-bond donors (Lipinski definition) is 2. The molecule has 2 rings (SSSR count). The van der Waals surface area contributed by atoms with Crippen molar-refractivity contribution in [3.8, 4) is 5.75 Å². The van der Waals surface area contributed by atoms with Gasteiger partial charge in [0.15, 0.2) is 0 Å². The number of rotatable bonds is 5. The lowest BCUT2D eigenvalue weighted by molar-refractivity contribution is 0.0596. The minimum absolute atomic E-state index is 0.305. The number of benzene rings is 1. The molecule has 19 heavy (non-hydrogen) atoms. The fourth-order valence-corrected chi connectivity index (χ4v) is 3.24. The minimum Gasteiger partial charge on any atom is -0.491 e. The van der Waals surface area contributed by atoms with Crippen LogP contribution in [0.5, 0.6) is 5.75 Å². The molecular formula is C14H22N2O2S. The molecule has 4 nitrogen and oxygen atoms in total. The van der Waals surface area contributed by atoms with Crippen molar-refractivity contribution in [2.75, 3.05) is 36.9 Å². The van der Waals surface area contributed by atoms with Crippen LogP contribution in [0.25, 0.3) is 0 Å². The summed E-state index contributed by atoms with van der Waals surface area (Å²) in [5, 5.41) is 10.0. The van der Waals surface area contributed by atoms with Gasteiger partial charge in [-0.05, 0) is 19.1 Å². The van der Waals surface area contributed by atoms with Crippen LogP contribution >= 0.6 is 11.8 Å². The Balaban J connectivity index is 1.76. The van der Waals surface area contributed by atoms with Crippen LogP contribution in [-0.2, 0) is 0 Å². The summed E-state index contributed by atoms with van der Waals surface area (Å²) < 4.78 is 5.56. The molecule has 0 aromatic heterocycles. The lowest BCUT2D eigenvalue weighted by Crippen LogP contribution is -2.45. The van der Waals surface area contributed by atoms with Gasteiger partial charge in [0.25, 0.3) is 0 Å².